The zero-order valence-electron chi connectivity index (χ0n) is 9.57. The maximum Gasteiger partial charge on any atom is 0.242 e. The van der Waals surface area contributed by atoms with Gasteiger partial charge in [0.15, 0.2) is 0 Å². The molecular formula is C11H18N2O3. The molecular weight excluding hydrogens is 208 g/mol. The number of rotatable bonds is 2. The van der Waals surface area contributed by atoms with Crippen molar-refractivity contribution in [2.75, 3.05) is 20.2 Å². The number of hydrogen-bond acceptors (Lipinski definition) is 3. The van der Waals surface area contributed by atoms with Crippen LogP contribution in [0.5, 0.6) is 0 Å². The quantitative estimate of drug-likeness (QED) is 0.715. The van der Waals surface area contributed by atoms with Crippen LogP contribution in [0.15, 0.2) is 0 Å². The minimum Gasteiger partial charge on any atom is -0.379 e. The van der Waals surface area contributed by atoms with Crippen LogP contribution < -0.4 is 5.32 Å². The number of ether oxygens (including phenoxy) is 1. The van der Waals surface area contributed by atoms with Gasteiger partial charge in [0.25, 0.3) is 0 Å². The molecule has 5 heteroatoms. The highest BCUT2D eigenvalue weighted by Crippen LogP contribution is 2.27. The lowest BCUT2D eigenvalue weighted by Crippen LogP contribution is -2.46. The van der Waals surface area contributed by atoms with Crippen LogP contribution >= 0.6 is 0 Å². The molecule has 0 aromatic carbocycles. The molecule has 2 rings (SSSR count). The van der Waals surface area contributed by atoms with Gasteiger partial charge in [-0.05, 0) is 19.3 Å². The van der Waals surface area contributed by atoms with E-state index in [-0.39, 0.29) is 30.5 Å². The fourth-order valence-corrected chi connectivity index (χ4v) is 2.60. The van der Waals surface area contributed by atoms with Gasteiger partial charge in [0, 0.05) is 20.1 Å². The molecule has 0 spiro atoms. The summed E-state index contributed by atoms with van der Waals surface area (Å²) >= 11 is 0. The predicted molar refractivity (Wildman–Crippen MR) is 57.8 cm³/mol. The molecule has 2 fully saturated rings. The second-order valence-corrected chi connectivity index (χ2v) is 4.39. The van der Waals surface area contributed by atoms with Crippen LogP contribution in [-0.2, 0) is 14.3 Å². The summed E-state index contributed by atoms with van der Waals surface area (Å²) in [4.78, 5) is 24.9. The summed E-state index contributed by atoms with van der Waals surface area (Å²) in [5.41, 5.74) is 0. The molecule has 5 nitrogen and oxygen atoms in total. The van der Waals surface area contributed by atoms with Crippen LogP contribution in [0.25, 0.3) is 0 Å². The molecule has 1 N–H and O–H groups in total. The summed E-state index contributed by atoms with van der Waals surface area (Å²) in [7, 11) is 1.69. The van der Waals surface area contributed by atoms with Crippen molar-refractivity contribution < 1.29 is 14.3 Å². The van der Waals surface area contributed by atoms with Crippen LogP contribution in [0.3, 0.4) is 0 Å². The Morgan fingerprint density at radius 2 is 2.19 bits per heavy atom. The number of carbonyl (C=O) groups excluding carboxylic acids is 2. The molecule has 0 bridgehead atoms. The number of carbonyl (C=O) groups is 2. The number of nitrogens with zero attached hydrogens (tertiary/aromatic N) is 1. The van der Waals surface area contributed by atoms with Crippen LogP contribution in [0, 0.1) is 0 Å². The summed E-state index contributed by atoms with van der Waals surface area (Å²) in [5.74, 6) is -0.0254. The van der Waals surface area contributed by atoms with Crippen LogP contribution in [0.2, 0.25) is 0 Å². The fraction of sp³-hybridized carbons (Fsp3) is 0.818. The van der Waals surface area contributed by atoms with E-state index in [2.05, 4.69) is 5.32 Å². The van der Waals surface area contributed by atoms with E-state index in [1.54, 1.807) is 7.11 Å². The number of nitrogens with one attached hydrogen (secondary N) is 1. The Balaban J connectivity index is 2.06. The van der Waals surface area contributed by atoms with Crippen molar-refractivity contribution >= 4 is 11.8 Å². The normalized spacial score (nSPS) is 31.4. The average Bonchev–Trinajstić information content (AvgIpc) is 2.68. The van der Waals surface area contributed by atoms with Crippen LogP contribution in [-0.4, -0.2) is 49.1 Å². The third kappa shape index (κ3) is 2.19. The van der Waals surface area contributed by atoms with Gasteiger partial charge in [-0.2, -0.15) is 0 Å². The summed E-state index contributed by atoms with van der Waals surface area (Å²) in [6, 6.07) is 0.158. The van der Waals surface area contributed by atoms with Crippen molar-refractivity contribution in [2.24, 2.45) is 0 Å². The summed E-state index contributed by atoms with van der Waals surface area (Å²) in [6.07, 6.45) is 3.62. The largest absolute Gasteiger partial charge is 0.379 e. The molecule has 1 heterocycles. The maximum absolute atomic E-state index is 11.9. The van der Waals surface area contributed by atoms with E-state index < -0.39 is 0 Å². The zero-order valence-corrected chi connectivity index (χ0v) is 9.57. The molecule has 2 atom stereocenters. The van der Waals surface area contributed by atoms with Gasteiger partial charge in [0.1, 0.15) is 0 Å². The Labute approximate surface area is 95.1 Å². The first-order valence-corrected chi connectivity index (χ1v) is 5.81. The van der Waals surface area contributed by atoms with Crippen molar-refractivity contribution in [1.82, 2.24) is 10.2 Å². The molecule has 1 aliphatic carbocycles. The highest BCUT2D eigenvalue weighted by molar-refractivity contribution is 5.87. The first-order valence-electron chi connectivity index (χ1n) is 5.81. The van der Waals surface area contributed by atoms with E-state index in [9.17, 15) is 9.59 Å². The van der Waals surface area contributed by atoms with Gasteiger partial charge in [-0.25, -0.2) is 0 Å². The highest BCUT2D eigenvalue weighted by atomic mass is 16.5. The molecule has 0 aromatic heterocycles. The minimum atomic E-state index is -0.0391. The minimum absolute atomic E-state index is 0.0137. The predicted octanol–water partition coefficient (Wildman–Crippen LogP) is -0.0976. The van der Waals surface area contributed by atoms with E-state index >= 15 is 0 Å². The lowest BCUT2D eigenvalue weighted by molar-refractivity contribution is -0.134. The van der Waals surface area contributed by atoms with Crippen LogP contribution in [0.4, 0.5) is 0 Å². The van der Waals surface area contributed by atoms with E-state index in [0.29, 0.717) is 13.0 Å². The van der Waals surface area contributed by atoms with Crippen molar-refractivity contribution in [2.45, 2.75) is 37.8 Å². The van der Waals surface area contributed by atoms with Crippen LogP contribution in [0.1, 0.15) is 25.7 Å². The fourth-order valence-electron chi connectivity index (χ4n) is 2.60. The molecule has 0 radical (unpaired) electrons. The summed E-state index contributed by atoms with van der Waals surface area (Å²) < 4.78 is 5.39. The first kappa shape index (κ1) is 11.4. The average molecular weight is 226 g/mol. The van der Waals surface area contributed by atoms with Gasteiger partial charge in [-0.1, -0.05) is 0 Å². The van der Waals surface area contributed by atoms with E-state index in [1.165, 1.54) is 0 Å². The Kier molecular flexibility index (Phi) is 3.43. The standard InChI is InChI=1S/C11H18N2O3/c1-16-9-4-2-3-8(9)13-6-5-10(14)12-7-11(13)15/h8-9H,2-7H2,1H3,(H,12,14). The van der Waals surface area contributed by atoms with E-state index in [1.807, 2.05) is 4.90 Å². The highest BCUT2D eigenvalue weighted by Gasteiger charge is 2.35. The zero-order chi connectivity index (χ0) is 11.5. The van der Waals surface area contributed by atoms with Gasteiger partial charge in [-0.3, -0.25) is 9.59 Å². The van der Waals surface area contributed by atoms with E-state index in [0.717, 1.165) is 19.3 Å². The summed E-state index contributed by atoms with van der Waals surface area (Å²) in [5, 5.41) is 2.61. The molecule has 1 aliphatic heterocycles. The Hall–Kier alpha value is -1.10. The van der Waals surface area contributed by atoms with E-state index in [4.69, 9.17) is 4.74 Å². The molecule has 2 amide bonds. The molecule has 0 aromatic rings. The number of hydrogen-bond donors (Lipinski definition) is 1. The lowest BCUT2D eigenvalue weighted by atomic mass is 10.1. The second kappa shape index (κ2) is 4.82. The summed E-state index contributed by atoms with van der Waals surface area (Å²) in [6.45, 7) is 0.654. The third-order valence-electron chi connectivity index (χ3n) is 3.46. The van der Waals surface area contributed by atoms with Gasteiger partial charge >= 0.3 is 0 Å². The molecule has 90 valence electrons. The topological polar surface area (TPSA) is 58.6 Å². The van der Waals surface area contributed by atoms with Crippen molar-refractivity contribution in [3.63, 3.8) is 0 Å². The Bertz CT molecular complexity index is 293. The number of amides is 2. The second-order valence-electron chi connectivity index (χ2n) is 4.39. The molecule has 2 aliphatic rings. The smallest absolute Gasteiger partial charge is 0.242 e. The third-order valence-corrected chi connectivity index (χ3v) is 3.46. The SMILES string of the molecule is COC1CCCC1N1CCC(=O)NCC1=O. The molecule has 1 saturated heterocycles. The van der Waals surface area contributed by atoms with Gasteiger partial charge in [-0.15, -0.1) is 0 Å². The van der Waals surface area contributed by atoms with Crippen molar-refractivity contribution in [3.8, 4) is 0 Å². The van der Waals surface area contributed by atoms with Crippen molar-refractivity contribution in [3.05, 3.63) is 0 Å². The monoisotopic (exact) mass is 226 g/mol. The Morgan fingerprint density at radius 3 is 2.94 bits per heavy atom. The van der Waals surface area contributed by atoms with Gasteiger partial charge in [0.2, 0.25) is 11.8 Å². The lowest BCUT2D eigenvalue weighted by Gasteiger charge is -2.31. The van der Waals surface area contributed by atoms with Gasteiger partial charge < -0.3 is 15.0 Å². The number of methoxy groups -OCH3 is 1. The molecule has 2 unspecified atom stereocenters. The maximum atomic E-state index is 11.9. The Morgan fingerprint density at radius 1 is 1.38 bits per heavy atom. The molecule has 1 saturated carbocycles. The first-order chi connectivity index (χ1) is 7.72. The van der Waals surface area contributed by atoms with Gasteiger partial charge in [0.05, 0.1) is 18.7 Å². The van der Waals surface area contributed by atoms with Crippen molar-refractivity contribution in [1.29, 1.82) is 0 Å². The molecule has 16 heavy (non-hydrogen) atoms.